The van der Waals surface area contributed by atoms with Gasteiger partial charge in [-0.3, -0.25) is 13.9 Å². The second-order valence-electron chi connectivity index (χ2n) is 9.84. The maximum absolute atomic E-state index is 14.0. The van der Waals surface area contributed by atoms with Crippen LogP contribution in [-0.4, -0.2) is 50.9 Å². The molecule has 0 saturated carbocycles. The fourth-order valence-corrected chi connectivity index (χ4v) is 5.75. The molecule has 2 amide bonds. The molecule has 8 nitrogen and oxygen atoms in total. The lowest BCUT2D eigenvalue weighted by atomic mass is 10.1. The molecule has 220 valence electrons. The number of carbonyl (C=O) groups excluding carboxylic acids is 2. The van der Waals surface area contributed by atoms with Crippen LogP contribution in [0.15, 0.2) is 77.7 Å². The number of hydrogen-bond donors (Lipinski definition) is 1. The Balaban J connectivity index is 2.01. The van der Waals surface area contributed by atoms with Gasteiger partial charge in [0.15, 0.2) is 0 Å². The molecule has 0 spiro atoms. The molecule has 0 aliphatic rings. The van der Waals surface area contributed by atoms with Gasteiger partial charge in [-0.25, -0.2) is 8.42 Å². The zero-order valence-corrected chi connectivity index (χ0v) is 25.8. The van der Waals surface area contributed by atoms with Crippen molar-refractivity contribution in [1.82, 2.24) is 10.2 Å². The molecule has 1 atom stereocenters. The third kappa shape index (κ3) is 8.61. The predicted octanol–water partition coefficient (Wildman–Crippen LogP) is 5.78. The molecule has 1 unspecified atom stereocenters. The number of sulfonamides is 1. The van der Waals surface area contributed by atoms with Gasteiger partial charge in [0.2, 0.25) is 11.8 Å². The second-order valence-corrected chi connectivity index (χ2v) is 12.5. The SMILES string of the molecule is CCOc1ccc(N(CC(=O)N(Cc2ccc(Cl)c(Cl)c2)C(C)C(=O)NCC(C)C)S(=O)(=O)c2ccccc2)cc1. The molecule has 11 heteroatoms. The van der Waals surface area contributed by atoms with E-state index in [9.17, 15) is 18.0 Å². The Labute approximate surface area is 252 Å². The summed E-state index contributed by atoms with van der Waals surface area (Å²) in [5.41, 5.74) is 0.909. The number of halogens is 2. The van der Waals surface area contributed by atoms with Gasteiger partial charge < -0.3 is 15.0 Å². The molecule has 0 fully saturated rings. The molecule has 41 heavy (non-hydrogen) atoms. The van der Waals surface area contributed by atoms with Crippen LogP contribution in [0.2, 0.25) is 10.0 Å². The average molecular weight is 621 g/mol. The lowest BCUT2D eigenvalue weighted by Crippen LogP contribution is -2.51. The third-order valence-electron chi connectivity index (χ3n) is 6.23. The van der Waals surface area contributed by atoms with E-state index in [-0.39, 0.29) is 29.0 Å². The first-order valence-electron chi connectivity index (χ1n) is 13.3. The number of amides is 2. The van der Waals surface area contributed by atoms with E-state index >= 15 is 0 Å². The van der Waals surface area contributed by atoms with E-state index < -0.39 is 28.5 Å². The Morgan fingerprint density at radius 1 is 0.927 bits per heavy atom. The molecule has 3 rings (SSSR count). The van der Waals surface area contributed by atoms with Gasteiger partial charge >= 0.3 is 0 Å². The van der Waals surface area contributed by atoms with E-state index in [0.29, 0.717) is 34.5 Å². The summed E-state index contributed by atoms with van der Waals surface area (Å²) in [6.45, 7) is 7.73. The number of nitrogens with one attached hydrogen (secondary N) is 1. The van der Waals surface area contributed by atoms with Crippen molar-refractivity contribution in [3.05, 3.63) is 88.4 Å². The minimum atomic E-state index is -4.15. The molecule has 0 bridgehead atoms. The molecule has 1 N–H and O–H groups in total. The van der Waals surface area contributed by atoms with Crippen molar-refractivity contribution >= 4 is 50.7 Å². The van der Waals surface area contributed by atoms with Crippen molar-refractivity contribution in [2.75, 3.05) is 24.0 Å². The molecular formula is C30H35Cl2N3O5S. The van der Waals surface area contributed by atoms with Crippen LogP contribution >= 0.6 is 23.2 Å². The number of rotatable bonds is 13. The van der Waals surface area contributed by atoms with Crippen LogP contribution in [0.5, 0.6) is 5.75 Å². The lowest BCUT2D eigenvalue weighted by molar-refractivity contribution is -0.139. The van der Waals surface area contributed by atoms with E-state index in [1.54, 1.807) is 67.6 Å². The van der Waals surface area contributed by atoms with Crippen molar-refractivity contribution in [1.29, 1.82) is 0 Å². The Kier molecular flexibility index (Phi) is 11.5. The van der Waals surface area contributed by atoms with Crippen LogP contribution in [0, 0.1) is 5.92 Å². The van der Waals surface area contributed by atoms with Crippen LogP contribution in [0.3, 0.4) is 0 Å². The highest BCUT2D eigenvalue weighted by atomic mass is 35.5. The average Bonchev–Trinajstić information content (AvgIpc) is 2.95. The summed E-state index contributed by atoms with van der Waals surface area (Å²) in [5, 5.41) is 3.51. The quantitative estimate of drug-likeness (QED) is 0.262. The van der Waals surface area contributed by atoms with Crippen LogP contribution in [0.1, 0.15) is 33.3 Å². The first-order chi connectivity index (χ1) is 19.4. The Morgan fingerprint density at radius 3 is 2.17 bits per heavy atom. The Hall–Kier alpha value is -3.27. The Bertz CT molecular complexity index is 1430. The number of ether oxygens (including phenoxy) is 1. The largest absolute Gasteiger partial charge is 0.494 e. The van der Waals surface area contributed by atoms with E-state index in [1.165, 1.54) is 17.0 Å². The highest BCUT2D eigenvalue weighted by Gasteiger charge is 2.32. The van der Waals surface area contributed by atoms with E-state index in [2.05, 4.69) is 5.32 Å². The number of carbonyl (C=O) groups is 2. The maximum Gasteiger partial charge on any atom is 0.264 e. The highest BCUT2D eigenvalue weighted by molar-refractivity contribution is 7.92. The minimum Gasteiger partial charge on any atom is -0.494 e. The summed E-state index contributed by atoms with van der Waals surface area (Å²) < 4.78 is 34.2. The van der Waals surface area contributed by atoms with Gasteiger partial charge in [-0.05, 0) is 73.9 Å². The normalized spacial score (nSPS) is 12.1. The zero-order valence-electron chi connectivity index (χ0n) is 23.5. The van der Waals surface area contributed by atoms with Crippen molar-refractivity contribution in [2.24, 2.45) is 5.92 Å². The van der Waals surface area contributed by atoms with E-state index in [0.717, 1.165) is 4.31 Å². The van der Waals surface area contributed by atoms with Crippen LogP contribution in [0.4, 0.5) is 5.69 Å². The second kappa shape index (κ2) is 14.6. The van der Waals surface area contributed by atoms with Crippen molar-refractivity contribution in [3.8, 4) is 5.75 Å². The van der Waals surface area contributed by atoms with Gasteiger partial charge in [-0.2, -0.15) is 0 Å². The summed E-state index contributed by atoms with van der Waals surface area (Å²) in [4.78, 5) is 28.4. The topological polar surface area (TPSA) is 96.0 Å². The molecule has 0 saturated heterocycles. The summed E-state index contributed by atoms with van der Waals surface area (Å²) in [6, 6.07) is 18.4. The molecule has 0 heterocycles. The van der Waals surface area contributed by atoms with Crippen LogP contribution in [0.25, 0.3) is 0 Å². The van der Waals surface area contributed by atoms with E-state index in [1.807, 2.05) is 20.8 Å². The van der Waals surface area contributed by atoms with Crippen molar-refractivity contribution in [2.45, 2.75) is 45.2 Å². The fourth-order valence-electron chi connectivity index (χ4n) is 3.99. The standard InChI is InChI=1S/C30H35Cl2N3O5S/c1-5-40-25-14-12-24(13-15-25)35(41(38,39)26-9-7-6-8-10-26)20-29(36)34(22(4)30(37)33-18-21(2)3)19-23-11-16-27(31)28(32)17-23/h6-17,21-22H,5,18-20H2,1-4H3,(H,33,37). The molecule has 0 aliphatic heterocycles. The van der Waals surface area contributed by atoms with Crippen molar-refractivity contribution in [3.63, 3.8) is 0 Å². The third-order valence-corrected chi connectivity index (χ3v) is 8.76. The minimum absolute atomic E-state index is 0.00842. The fraction of sp³-hybridized carbons (Fsp3) is 0.333. The summed E-state index contributed by atoms with van der Waals surface area (Å²) in [6.07, 6.45) is 0. The first kappa shape index (κ1) is 32.2. The van der Waals surface area contributed by atoms with Crippen LogP contribution in [-0.2, 0) is 26.2 Å². The molecule has 3 aromatic carbocycles. The lowest BCUT2D eigenvalue weighted by Gasteiger charge is -2.32. The van der Waals surface area contributed by atoms with Gasteiger partial charge in [-0.15, -0.1) is 0 Å². The van der Waals surface area contributed by atoms with Gasteiger partial charge in [0.1, 0.15) is 18.3 Å². The monoisotopic (exact) mass is 619 g/mol. The number of nitrogens with zero attached hydrogens (tertiary/aromatic N) is 2. The molecule has 3 aromatic rings. The number of benzene rings is 3. The molecule has 0 aliphatic carbocycles. The highest BCUT2D eigenvalue weighted by Crippen LogP contribution is 2.27. The predicted molar refractivity (Wildman–Crippen MR) is 163 cm³/mol. The summed E-state index contributed by atoms with van der Waals surface area (Å²) in [7, 11) is -4.15. The summed E-state index contributed by atoms with van der Waals surface area (Å²) >= 11 is 12.3. The molecule has 0 radical (unpaired) electrons. The number of anilines is 1. The number of hydrogen-bond acceptors (Lipinski definition) is 5. The van der Waals surface area contributed by atoms with Crippen molar-refractivity contribution < 1.29 is 22.7 Å². The molecular weight excluding hydrogens is 585 g/mol. The van der Waals surface area contributed by atoms with Crippen LogP contribution < -0.4 is 14.4 Å². The van der Waals surface area contributed by atoms with Gasteiger partial charge in [0.05, 0.1) is 27.2 Å². The van der Waals surface area contributed by atoms with Gasteiger partial charge in [-0.1, -0.05) is 61.3 Å². The zero-order chi connectivity index (χ0) is 30.2. The van der Waals surface area contributed by atoms with Gasteiger partial charge in [0.25, 0.3) is 10.0 Å². The maximum atomic E-state index is 14.0. The smallest absolute Gasteiger partial charge is 0.264 e. The molecule has 0 aromatic heterocycles. The summed E-state index contributed by atoms with van der Waals surface area (Å²) in [5.74, 6) is -0.157. The van der Waals surface area contributed by atoms with E-state index in [4.69, 9.17) is 27.9 Å². The first-order valence-corrected chi connectivity index (χ1v) is 15.4. The van der Waals surface area contributed by atoms with Gasteiger partial charge in [0, 0.05) is 13.1 Å². The Morgan fingerprint density at radius 2 is 1.59 bits per heavy atom.